The van der Waals surface area contributed by atoms with Crippen molar-refractivity contribution in [3.8, 4) is 11.5 Å². The molecule has 0 spiro atoms. The summed E-state index contributed by atoms with van der Waals surface area (Å²) in [6.07, 6.45) is 10.2. The fourth-order valence-electron chi connectivity index (χ4n) is 8.77. The molecule has 6 aromatic carbocycles. The molecule has 0 bridgehead atoms. The van der Waals surface area contributed by atoms with Crippen LogP contribution in [0.2, 0.25) is 0 Å². The second kappa shape index (κ2) is 31.6. The van der Waals surface area contributed by atoms with Crippen LogP contribution < -0.4 is 14.8 Å². The van der Waals surface area contributed by atoms with E-state index in [-0.39, 0.29) is 20.9 Å². The summed E-state index contributed by atoms with van der Waals surface area (Å²) >= 11 is 6.14. The second-order valence-electron chi connectivity index (χ2n) is 17.3. The van der Waals surface area contributed by atoms with Crippen LogP contribution in [0.15, 0.2) is 182 Å². The molecule has 2 aliphatic heterocycles. The van der Waals surface area contributed by atoms with Crippen molar-refractivity contribution in [2.45, 2.75) is 66.5 Å². The number of methoxy groups -OCH3 is 2. The van der Waals surface area contributed by atoms with Gasteiger partial charge in [0.15, 0.2) is 0 Å². The number of hydrogen-bond acceptors (Lipinski definition) is 6. The van der Waals surface area contributed by atoms with Crippen molar-refractivity contribution in [2.24, 2.45) is 0 Å². The van der Waals surface area contributed by atoms with Crippen LogP contribution in [0.5, 0.6) is 11.5 Å². The molecule has 8 rings (SSSR count). The molecular weight excluding hydrogens is 868 g/mol. The minimum absolute atomic E-state index is 0. The summed E-state index contributed by atoms with van der Waals surface area (Å²) in [5.74, 6) is 2.38. The largest absolute Gasteiger partial charge is 0.497 e. The summed E-state index contributed by atoms with van der Waals surface area (Å²) in [6, 6.07) is 60.0. The minimum atomic E-state index is 0. The lowest BCUT2D eigenvalue weighted by molar-refractivity contribution is 0.197. The molecule has 0 unspecified atom stereocenters. The van der Waals surface area contributed by atoms with Crippen LogP contribution >= 0.6 is 11.6 Å². The highest BCUT2D eigenvalue weighted by Gasteiger charge is 2.19. The molecule has 2 fully saturated rings. The molecule has 0 radical (unpaired) electrons. The molecule has 368 valence electrons. The zero-order valence-electron chi connectivity index (χ0n) is 40.4. The lowest BCUT2D eigenvalue weighted by Gasteiger charge is -2.30. The van der Waals surface area contributed by atoms with Gasteiger partial charge in [0.25, 0.3) is 0 Å². The highest BCUT2D eigenvalue weighted by molar-refractivity contribution is 6.18. The lowest BCUT2D eigenvalue weighted by Crippen LogP contribution is -2.35. The summed E-state index contributed by atoms with van der Waals surface area (Å²) in [5.41, 5.74) is 10.1. The Morgan fingerprint density at radius 2 is 0.870 bits per heavy atom. The van der Waals surface area contributed by atoms with E-state index in [4.69, 9.17) is 21.1 Å². The molecule has 2 saturated heterocycles. The number of nitrogens with one attached hydrogen (secondary N) is 1. The SMILES string of the molecule is C.C.C1CCNC1.COc1ccc([C@@H](C)N(CC=C(c2ccccc2)c2ccccc2)CCCl)cc1.COc1ccc([C@@H](C)N(CC=C(c2ccccc2)c2ccccc2)CCN2CCCC2)cc1. The maximum atomic E-state index is 6.14. The standard InChI is InChI=1S/C30H36N2O.C26H28ClNO.C4H9N.2CH4/c1-25(26-15-17-29(33-2)18-16-26)32(24-23-31-20-9-10-21-31)22-19-30(27-11-5-3-6-12-27)28-13-7-4-8-14-28;1-21(22-13-15-25(29-2)16-14-22)28(20-18-27)19-17-26(23-9-5-3-6-10-23)24-11-7-4-8-12-24;1-2-4-5-3-1;;/h3-8,11-19,25H,9-10,20-24H2,1-2H3;3-17,21H,18-20H2,1-2H3;5H,1-4H2;2*1H4/t25-;21-;;;/m11.../s1. The van der Waals surface area contributed by atoms with Gasteiger partial charge in [-0.1, -0.05) is 173 Å². The summed E-state index contributed by atoms with van der Waals surface area (Å²) in [6.45, 7) is 14.2. The summed E-state index contributed by atoms with van der Waals surface area (Å²) in [7, 11) is 3.41. The molecule has 1 N–H and O–H groups in total. The Morgan fingerprint density at radius 1 is 0.522 bits per heavy atom. The predicted molar refractivity (Wildman–Crippen MR) is 298 cm³/mol. The molecule has 69 heavy (non-hydrogen) atoms. The van der Waals surface area contributed by atoms with Crippen LogP contribution in [-0.4, -0.2) is 93.7 Å². The van der Waals surface area contributed by atoms with E-state index in [1.165, 1.54) is 96.4 Å². The van der Waals surface area contributed by atoms with Crippen LogP contribution in [0.4, 0.5) is 0 Å². The fraction of sp³-hybridized carbons (Fsp3) is 0.355. The molecule has 7 heteroatoms. The first kappa shape index (κ1) is 56.1. The number of likely N-dealkylation sites (tertiary alicyclic amines) is 1. The summed E-state index contributed by atoms with van der Waals surface area (Å²) in [5, 5.41) is 3.22. The van der Waals surface area contributed by atoms with Gasteiger partial charge >= 0.3 is 0 Å². The third kappa shape index (κ3) is 18.1. The van der Waals surface area contributed by atoms with Gasteiger partial charge in [-0.3, -0.25) is 9.80 Å². The minimum Gasteiger partial charge on any atom is -0.497 e. The van der Waals surface area contributed by atoms with Crippen molar-refractivity contribution in [3.05, 3.63) is 215 Å². The van der Waals surface area contributed by atoms with Gasteiger partial charge in [-0.25, -0.2) is 0 Å². The molecule has 0 saturated carbocycles. The van der Waals surface area contributed by atoms with E-state index in [9.17, 15) is 0 Å². The Bertz CT molecular complexity index is 2210. The van der Waals surface area contributed by atoms with Crippen LogP contribution in [0.1, 0.15) is 99.8 Å². The molecule has 2 aliphatic rings. The number of benzene rings is 6. The summed E-state index contributed by atoms with van der Waals surface area (Å²) in [4.78, 5) is 7.61. The van der Waals surface area contributed by atoms with E-state index in [1.807, 2.05) is 12.1 Å². The molecule has 0 aromatic heterocycles. The Labute approximate surface area is 422 Å². The lowest BCUT2D eigenvalue weighted by atomic mass is 9.97. The van der Waals surface area contributed by atoms with E-state index < -0.39 is 0 Å². The number of halogens is 1. The Kier molecular flexibility index (Phi) is 25.7. The van der Waals surface area contributed by atoms with Crippen molar-refractivity contribution in [2.75, 3.05) is 79.0 Å². The van der Waals surface area contributed by atoms with E-state index >= 15 is 0 Å². The third-order valence-corrected chi connectivity index (χ3v) is 13.1. The predicted octanol–water partition coefficient (Wildman–Crippen LogP) is 14.4. The average molecular weight is 950 g/mol. The van der Waals surface area contributed by atoms with Crippen molar-refractivity contribution in [3.63, 3.8) is 0 Å². The Morgan fingerprint density at radius 3 is 1.17 bits per heavy atom. The molecule has 0 amide bonds. The molecular formula is C62H81ClN4O2. The number of alkyl halides is 1. The van der Waals surface area contributed by atoms with Crippen molar-refractivity contribution in [1.29, 1.82) is 0 Å². The Balaban J connectivity index is 0.000000267. The summed E-state index contributed by atoms with van der Waals surface area (Å²) < 4.78 is 10.7. The zero-order chi connectivity index (χ0) is 46.9. The van der Waals surface area contributed by atoms with E-state index in [0.717, 1.165) is 44.2 Å². The number of ether oxygens (including phenoxy) is 2. The molecule has 2 heterocycles. The first-order valence-electron chi connectivity index (χ1n) is 24.3. The maximum absolute atomic E-state index is 6.14. The first-order valence-corrected chi connectivity index (χ1v) is 24.9. The van der Waals surface area contributed by atoms with Crippen LogP contribution in [0.25, 0.3) is 11.1 Å². The van der Waals surface area contributed by atoms with Crippen LogP contribution in [0, 0.1) is 0 Å². The van der Waals surface area contributed by atoms with Crippen LogP contribution in [-0.2, 0) is 0 Å². The van der Waals surface area contributed by atoms with Gasteiger partial charge in [0.05, 0.1) is 14.2 Å². The third-order valence-electron chi connectivity index (χ3n) is 12.9. The van der Waals surface area contributed by atoms with Gasteiger partial charge < -0.3 is 19.7 Å². The van der Waals surface area contributed by atoms with Crippen molar-refractivity contribution < 1.29 is 9.47 Å². The number of nitrogens with zero attached hydrogens (tertiary/aromatic N) is 3. The van der Waals surface area contributed by atoms with E-state index in [2.05, 4.69) is 204 Å². The van der Waals surface area contributed by atoms with Gasteiger partial charge in [-0.05, 0) is 135 Å². The van der Waals surface area contributed by atoms with Crippen molar-refractivity contribution >= 4 is 22.7 Å². The van der Waals surface area contributed by atoms with Gasteiger partial charge in [0, 0.05) is 50.7 Å². The maximum Gasteiger partial charge on any atom is 0.118 e. The highest BCUT2D eigenvalue weighted by Crippen LogP contribution is 2.29. The highest BCUT2D eigenvalue weighted by atomic mass is 35.5. The monoisotopic (exact) mass is 949 g/mol. The Hall–Kier alpha value is -5.47. The number of hydrogen-bond donors (Lipinski definition) is 1. The normalized spacial score (nSPS) is 13.8. The van der Waals surface area contributed by atoms with Gasteiger partial charge in [-0.15, -0.1) is 11.6 Å². The van der Waals surface area contributed by atoms with Crippen molar-refractivity contribution in [1.82, 2.24) is 20.0 Å². The number of rotatable bonds is 19. The van der Waals surface area contributed by atoms with E-state index in [0.29, 0.717) is 11.9 Å². The second-order valence-corrected chi connectivity index (χ2v) is 17.7. The van der Waals surface area contributed by atoms with Gasteiger partial charge in [0.1, 0.15) is 11.5 Å². The molecule has 6 aromatic rings. The first-order chi connectivity index (χ1) is 33.0. The van der Waals surface area contributed by atoms with E-state index in [1.54, 1.807) is 14.2 Å². The van der Waals surface area contributed by atoms with Crippen LogP contribution in [0.3, 0.4) is 0 Å². The van der Waals surface area contributed by atoms with Gasteiger partial charge in [-0.2, -0.15) is 0 Å². The molecule has 0 aliphatic carbocycles. The molecule has 2 atom stereocenters. The molecule has 6 nitrogen and oxygen atoms in total. The fourth-order valence-corrected chi connectivity index (χ4v) is 8.99. The zero-order valence-corrected chi connectivity index (χ0v) is 41.2. The smallest absolute Gasteiger partial charge is 0.118 e. The quantitative estimate of drug-likeness (QED) is 0.0816. The average Bonchev–Trinajstić information content (AvgIpc) is 4.17. The van der Waals surface area contributed by atoms with Gasteiger partial charge in [0.2, 0.25) is 0 Å². The topological polar surface area (TPSA) is 40.2 Å².